The van der Waals surface area contributed by atoms with Gasteiger partial charge in [-0.2, -0.15) is 0 Å². The van der Waals surface area contributed by atoms with E-state index in [2.05, 4.69) is 10.6 Å². The summed E-state index contributed by atoms with van der Waals surface area (Å²) in [5.41, 5.74) is 0.0508. The third kappa shape index (κ3) is 2.66. The van der Waals surface area contributed by atoms with Crippen molar-refractivity contribution in [1.29, 1.82) is 0 Å². The van der Waals surface area contributed by atoms with Gasteiger partial charge in [0.2, 0.25) is 11.8 Å². The molecule has 30 heavy (non-hydrogen) atoms. The van der Waals surface area contributed by atoms with Crippen molar-refractivity contribution in [3.63, 3.8) is 0 Å². The highest BCUT2D eigenvalue weighted by Crippen LogP contribution is 2.60. The smallest absolute Gasteiger partial charge is 0.241 e. The number of aliphatic hydroxyl groups excluding tert-OH is 1. The molecule has 4 aliphatic rings. The Kier molecular flexibility index (Phi) is 4.83. The summed E-state index contributed by atoms with van der Waals surface area (Å²) in [4.78, 5) is 27.9. The van der Waals surface area contributed by atoms with Crippen molar-refractivity contribution in [3.8, 4) is 0 Å². The zero-order chi connectivity index (χ0) is 20.9. The molecule has 2 amide bonds. The van der Waals surface area contributed by atoms with Crippen LogP contribution in [0.15, 0.2) is 24.3 Å². The van der Waals surface area contributed by atoms with Crippen LogP contribution in [-0.2, 0) is 19.7 Å². The van der Waals surface area contributed by atoms with Crippen molar-refractivity contribution in [1.82, 2.24) is 10.6 Å². The number of nitrogens with one attached hydrogen (secondary N) is 2. The maximum absolute atomic E-state index is 13.8. The molecule has 3 heterocycles. The van der Waals surface area contributed by atoms with Gasteiger partial charge >= 0.3 is 0 Å². The molecule has 1 aromatic rings. The molecule has 0 aromatic heterocycles. The van der Waals surface area contributed by atoms with Crippen molar-refractivity contribution in [2.24, 2.45) is 0 Å². The van der Waals surface area contributed by atoms with Gasteiger partial charge in [-0.3, -0.25) is 19.8 Å². The Hall–Kier alpha value is -2.03. The zero-order valence-electron chi connectivity index (χ0n) is 16.9. The first-order valence-corrected chi connectivity index (χ1v) is 10.8. The van der Waals surface area contributed by atoms with E-state index in [0.29, 0.717) is 25.1 Å². The number of carbonyl (C=O) groups excluding carboxylic acids is 2. The molecule has 162 valence electrons. The van der Waals surface area contributed by atoms with E-state index in [1.165, 1.54) is 4.90 Å². The van der Waals surface area contributed by atoms with E-state index < -0.39 is 23.8 Å². The number of hydrogen-bond donors (Lipinski definition) is 3. The van der Waals surface area contributed by atoms with Gasteiger partial charge in [0, 0.05) is 5.54 Å². The Morgan fingerprint density at radius 3 is 2.77 bits per heavy atom. The van der Waals surface area contributed by atoms with E-state index in [1.807, 2.05) is 18.2 Å². The molecule has 5 rings (SSSR count). The lowest BCUT2D eigenvalue weighted by Gasteiger charge is -2.49. The van der Waals surface area contributed by atoms with E-state index in [-0.39, 0.29) is 30.6 Å². The molecule has 2 spiro atoms. The van der Waals surface area contributed by atoms with Gasteiger partial charge in [0.05, 0.1) is 42.5 Å². The number of ether oxygens (including phenoxy) is 1. The predicted octanol–water partition coefficient (Wildman–Crippen LogP) is 1.14. The van der Waals surface area contributed by atoms with Crippen molar-refractivity contribution >= 4 is 17.5 Å². The second-order valence-electron chi connectivity index (χ2n) is 9.03. The first-order chi connectivity index (χ1) is 14.5. The van der Waals surface area contributed by atoms with E-state index in [4.69, 9.17) is 4.74 Å². The highest BCUT2D eigenvalue weighted by Gasteiger charge is 2.70. The summed E-state index contributed by atoms with van der Waals surface area (Å²) in [5, 5.41) is 15.8. The Labute approximate surface area is 175 Å². The third-order valence-electron chi connectivity index (χ3n) is 7.61. The van der Waals surface area contributed by atoms with Gasteiger partial charge in [0.1, 0.15) is 0 Å². The third-order valence-corrected chi connectivity index (χ3v) is 7.61. The SMILES string of the molecule is O=C(N[C@@H]1CC[C@@H](CO)OC1)C1CC2(C(=O)N(CF)c3ccccc32)C2(CCC2)N1. The maximum atomic E-state index is 13.8. The average molecular weight is 417 g/mol. The summed E-state index contributed by atoms with van der Waals surface area (Å²) in [6.45, 7) is -0.504. The first kappa shape index (κ1) is 19.9. The van der Waals surface area contributed by atoms with Gasteiger partial charge in [-0.25, -0.2) is 4.39 Å². The number of alkyl halides is 1. The number of carbonyl (C=O) groups is 2. The second-order valence-corrected chi connectivity index (χ2v) is 9.03. The van der Waals surface area contributed by atoms with E-state index in [0.717, 1.165) is 31.2 Å². The van der Waals surface area contributed by atoms with Crippen molar-refractivity contribution < 1.29 is 23.8 Å². The minimum atomic E-state index is -0.902. The van der Waals surface area contributed by atoms with Crippen LogP contribution >= 0.6 is 0 Å². The summed E-state index contributed by atoms with van der Waals surface area (Å²) >= 11 is 0. The Balaban J connectivity index is 1.40. The molecule has 0 bridgehead atoms. The first-order valence-electron chi connectivity index (χ1n) is 10.8. The number of rotatable bonds is 4. The van der Waals surface area contributed by atoms with Crippen LogP contribution in [-0.4, -0.2) is 60.7 Å². The van der Waals surface area contributed by atoms with Gasteiger partial charge in [0.25, 0.3) is 0 Å². The van der Waals surface area contributed by atoms with E-state index >= 15 is 0 Å². The van der Waals surface area contributed by atoms with E-state index in [1.54, 1.807) is 6.07 Å². The van der Waals surface area contributed by atoms with Gasteiger partial charge in [0.15, 0.2) is 6.80 Å². The van der Waals surface area contributed by atoms with Crippen LogP contribution in [0.25, 0.3) is 0 Å². The molecule has 3 N–H and O–H groups in total. The van der Waals surface area contributed by atoms with Crippen LogP contribution in [0.1, 0.15) is 44.1 Å². The number of hydrogen-bond acceptors (Lipinski definition) is 5. The molecule has 1 aliphatic carbocycles. The van der Waals surface area contributed by atoms with Crippen molar-refractivity contribution in [2.75, 3.05) is 24.9 Å². The number of nitrogens with zero attached hydrogens (tertiary/aromatic N) is 1. The molecule has 8 heteroatoms. The molecule has 7 nitrogen and oxygen atoms in total. The lowest BCUT2D eigenvalue weighted by atomic mass is 9.57. The number of amides is 2. The van der Waals surface area contributed by atoms with Crippen LogP contribution in [0.3, 0.4) is 0 Å². The fourth-order valence-electron chi connectivity index (χ4n) is 5.94. The van der Waals surface area contributed by atoms with Gasteiger partial charge in [-0.05, 0) is 50.2 Å². The lowest BCUT2D eigenvalue weighted by molar-refractivity contribution is -0.127. The largest absolute Gasteiger partial charge is 0.394 e. The summed E-state index contributed by atoms with van der Waals surface area (Å²) in [6, 6.07) is 6.78. The summed E-state index contributed by atoms with van der Waals surface area (Å²) in [6.07, 6.45) is 4.18. The number of fused-ring (bicyclic) bond motifs is 3. The van der Waals surface area contributed by atoms with Crippen LogP contribution < -0.4 is 15.5 Å². The van der Waals surface area contributed by atoms with Crippen LogP contribution in [0, 0.1) is 0 Å². The van der Waals surface area contributed by atoms with Crippen LogP contribution in [0.5, 0.6) is 0 Å². The second kappa shape index (κ2) is 7.28. The molecular weight excluding hydrogens is 389 g/mol. The summed E-state index contributed by atoms with van der Waals surface area (Å²) < 4.78 is 19.4. The standard InChI is InChI=1S/C22H28FN3O4/c23-13-26-18-5-2-1-4-16(18)22(20(26)29)10-17(25-21(22)8-3-9-21)19(28)24-14-6-7-15(11-27)30-12-14/h1-2,4-5,14-15,17,25,27H,3,6-13H2,(H,24,28)/t14-,15+,17?,22?/m1/s1. The fraction of sp³-hybridized carbons (Fsp3) is 0.636. The lowest BCUT2D eigenvalue weighted by Crippen LogP contribution is -2.63. The van der Waals surface area contributed by atoms with E-state index in [9.17, 15) is 19.1 Å². The van der Waals surface area contributed by atoms with Gasteiger partial charge in [-0.15, -0.1) is 0 Å². The number of anilines is 1. The minimum absolute atomic E-state index is 0.0114. The topological polar surface area (TPSA) is 90.9 Å². The van der Waals surface area contributed by atoms with Crippen molar-refractivity contribution in [3.05, 3.63) is 29.8 Å². The monoisotopic (exact) mass is 417 g/mol. The Morgan fingerprint density at radius 1 is 1.33 bits per heavy atom. The highest BCUT2D eigenvalue weighted by atomic mass is 19.1. The predicted molar refractivity (Wildman–Crippen MR) is 108 cm³/mol. The number of benzene rings is 1. The molecule has 3 fully saturated rings. The molecule has 2 unspecified atom stereocenters. The number of halogens is 1. The minimum Gasteiger partial charge on any atom is -0.394 e. The molecule has 1 saturated carbocycles. The molecular formula is C22H28FN3O4. The normalized spacial score (nSPS) is 34.3. The molecule has 1 aromatic carbocycles. The van der Waals surface area contributed by atoms with Crippen LogP contribution in [0.2, 0.25) is 0 Å². The van der Waals surface area contributed by atoms with Crippen molar-refractivity contribution in [2.45, 2.75) is 67.7 Å². The quantitative estimate of drug-likeness (QED) is 0.639. The van der Waals surface area contributed by atoms with Crippen LogP contribution in [0.4, 0.5) is 10.1 Å². The molecule has 2 saturated heterocycles. The van der Waals surface area contributed by atoms with Gasteiger partial charge < -0.3 is 15.2 Å². The summed E-state index contributed by atoms with van der Waals surface area (Å²) in [5.74, 6) is -0.376. The number of para-hydroxylation sites is 1. The summed E-state index contributed by atoms with van der Waals surface area (Å²) in [7, 11) is 0. The molecule has 0 radical (unpaired) electrons. The Bertz CT molecular complexity index is 853. The maximum Gasteiger partial charge on any atom is 0.241 e. The zero-order valence-corrected chi connectivity index (χ0v) is 16.9. The average Bonchev–Trinajstić information content (AvgIpc) is 3.24. The Morgan fingerprint density at radius 2 is 2.13 bits per heavy atom. The molecule has 3 aliphatic heterocycles. The highest BCUT2D eigenvalue weighted by molar-refractivity contribution is 6.10. The van der Waals surface area contributed by atoms with Gasteiger partial charge in [-0.1, -0.05) is 18.2 Å². The molecule has 4 atom stereocenters. The fourth-order valence-corrected chi connectivity index (χ4v) is 5.94. The number of aliphatic hydroxyl groups is 1.